The second-order valence-electron chi connectivity index (χ2n) is 18.5. The summed E-state index contributed by atoms with van der Waals surface area (Å²) < 4.78 is 27.2. The number of benzene rings is 5. The van der Waals surface area contributed by atoms with E-state index in [-0.39, 0.29) is 73.7 Å². The van der Waals surface area contributed by atoms with E-state index >= 15 is 0 Å². The molecule has 11 rings (SSSR count). The maximum absolute atomic E-state index is 12.4. The minimum atomic E-state index is -0.829. The zero-order valence-corrected chi connectivity index (χ0v) is 39.1. The van der Waals surface area contributed by atoms with E-state index in [0.717, 1.165) is 64.3 Å². The molecule has 0 radical (unpaired) electrons. The monoisotopic (exact) mass is 925 g/mol. The number of fused-ring (bicyclic) bond motifs is 11. The smallest absolute Gasteiger partial charge is 0.335 e. The van der Waals surface area contributed by atoms with Crippen molar-refractivity contribution in [2.75, 3.05) is 44.9 Å². The number of methoxy groups -OCH3 is 1. The topological polar surface area (TPSA) is 148 Å². The van der Waals surface area contributed by atoms with Crippen molar-refractivity contribution >= 4 is 17.7 Å². The molecule has 6 atom stereocenters. The highest BCUT2D eigenvalue weighted by molar-refractivity contribution is 6.05. The lowest BCUT2D eigenvalue weighted by Crippen LogP contribution is -2.59. The van der Waals surface area contributed by atoms with Crippen LogP contribution in [0.2, 0.25) is 0 Å². The summed E-state index contributed by atoms with van der Waals surface area (Å²) in [4.78, 5) is 20.1. The maximum atomic E-state index is 12.4. The zero-order valence-electron chi connectivity index (χ0n) is 39.1. The molecule has 5 aliphatic rings. The largest absolute Gasteiger partial charge is 0.508 e. The number of hydrogen-bond donors (Lipinski definition) is 4. The second kappa shape index (κ2) is 20.3. The molecule has 1 saturated heterocycles. The van der Waals surface area contributed by atoms with Crippen LogP contribution in [0.15, 0.2) is 115 Å². The van der Waals surface area contributed by atoms with E-state index in [2.05, 4.69) is 83.6 Å². The van der Waals surface area contributed by atoms with Crippen molar-refractivity contribution in [3.05, 3.63) is 160 Å². The van der Waals surface area contributed by atoms with Gasteiger partial charge in [0.25, 0.3) is 0 Å². The van der Waals surface area contributed by atoms with Crippen LogP contribution in [0.5, 0.6) is 28.7 Å². The summed E-state index contributed by atoms with van der Waals surface area (Å²) in [5.41, 5.74) is 9.11. The molecule has 0 saturated carbocycles. The van der Waals surface area contributed by atoms with Crippen LogP contribution in [-0.2, 0) is 25.7 Å². The minimum absolute atomic E-state index is 0.0223. The molecule has 0 aliphatic carbocycles. The number of ketones is 1. The summed E-state index contributed by atoms with van der Waals surface area (Å²) in [6.45, 7) is 3.64. The molecule has 6 heterocycles. The van der Waals surface area contributed by atoms with Gasteiger partial charge in [-0.05, 0) is 95.9 Å². The third-order valence-corrected chi connectivity index (χ3v) is 13.8. The molecule has 5 aromatic carbocycles. The molecule has 1 aromatic heterocycles. The molecule has 8 bridgehead atoms. The Morgan fingerprint density at radius 1 is 0.899 bits per heavy atom. The lowest BCUT2D eigenvalue weighted by Gasteiger charge is -2.48. The Labute approximate surface area is 403 Å². The van der Waals surface area contributed by atoms with Crippen LogP contribution in [0.4, 0.5) is 5.82 Å². The Morgan fingerprint density at radius 2 is 1.70 bits per heavy atom. The first kappa shape index (κ1) is 45.8. The summed E-state index contributed by atoms with van der Waals surface area (Å²) >= 11 is 0. The van der Waals surface area contributed by atoms with E-state index in [1.807, 2.05) is 36.4 Å². The van der Waals surface area contributed by atoms with Gasteiger partial charge in [-0.2, -0.15) is 0 Å². The van der Waals surface area contributed by atoms with E-state index in [1.165, 1.54) is 5.56 Å². The fraction of sp³-hybridized carbons (Fsp3) is 0.328. The van der Waals surface area contributed by atoms with Gasteiger partial charge in [-0.15, -0.1) is 0 Å². The molecule has 6 unspecified atom stereocenters. The van der Waals surface area contributed by atoms with E-state index in [0.29, 0.717) is 42.0 Å². The lowest BCUT2D eigenvalue weighted by atomic mass is 9.84. The molecule has 354 valence electrons. The van der Waals surface area contributed by atoms with E-state index in [4.69, 9.17) is 23.9 Å². The number of phenols is 1. The lowest BCUT2D eigenvalue weighted by molar-refractivity contribution is 0.152. The average molecular weight is 926 g/mol. The summed E-state index contributed by atoms with van der Waals surface area (Å²) in [5.74, 6) is 8.92. The first-order chi connectivity index (χ1) is 33.8. The van der Waals surface area contributed by atoms with Crippen molar-refractivity contribution < 1.29 is 39.1 Å². The van der Waals surface area contributed by atoms with Gasteiger partial charge in [0.2, 0.25) is 5.75 Å². The summed E-state index contributed by atoms with van der Waals surface area (Å²) in [6.07, 6.45) is 4.98. The SMILES string of the molecule is CCc1cc2c([n-]1)N1CCNC3C#CC(Cc4cccc-2c4)c2c(c(OC)c(OCCC(O)C=Cc4ccccc4)c4c2OC(c2ccc(O)cc2)CC4=[OH+])OCC(CO)Cc2ccc(cc2)CC31. The Balaban J connectivity index is 1.17. The van der Waals surface area contributed by atoms with E-state index in [1.54, 1.807) is 37.5 Å². The number of aromatic hydroxyl groups is 1. The van der Waals surface area contributed by atoms with Gasteiger partial charge in [-0.3, -0.25) is 4.79 Å². The quantitative estimate of drug-likeness (QED) is 0.0785. The first-order valence-electron chi connectivity index (χ1n) is 24.2. The van der Waals surface area contributed by atoms with E-state index in [9.17, 15) is 20.1 Å². The standard InChI is InChI=1S/C58H58N3O8/c1-3-44-32-47-42-11-7-10-39(29-42)30-43-19-23-48-49(61(26-25-59-48)58(47)60-44)31-38-14-12-37(13-15-38)28-40(34-62)35-68-55-52(43)54-53(50(65)33-51(69-54)41-17-21-45(63)22-18-41)56(57(55)66-2)67-27-24-46(64)20-16-36-8-5-4-6-9-36/h4-18,20-22,29,32,40,43,46,48-49,51,59,62-64H,3,24-28,30-31,33-35H2,1-2H3/q-1/p+1. The molecular weight excluding hydrogens is 867 g/mol. The normalized spacial score (nSPS) is 21.1. The highest BCUT2D eigenvalue weighted by Crippen LogP contribution is 2.56. The van der Waals surface area contributed by atoms with Gasteiger partial charge < -0.3 is 49.5 Å². The van der Waals surface area contributed by atoms with Crippen LogP contribution in [-0.4, -0.2) is 84.1 Å². The molecule has 1 fully saturated rings. The number of carbonyl (C=O) groups excluding carboxylic acids is 1. The molecule has 5 N–H and O–H groups in total. The summed E-state index contributed by atoms with van der Waals surface area (Å²) in [5, 5.41) is 36.1. The number of nitrogens with zero attached hydrogens (tertiary/aromatic N) is 2. The third-order valence-electron chi connectivity index (χ3n) is 13.8. The van der Waals surface area contributed by atoms with Crippen molar-refractivity contribution in [3.8, 4) is 51.7 Å². The van der Waals surface area contributed by atoms with Crippen LogP contribution in [0.25, 0.3) is 17.2 Å². The number of aliphatic hydroxyl groups excluding tert-OH is 2. The molecule has 6 aromatic rings. The molecule has 11 nitrogen and oxygen atoms in total. The van der Waals surface area contributed by atoms with Crippen molar-refractivity contribution in [1.82, 2.24) is 10.3 Å². The fourth-order valence-corrected chi connectivity index (χ4v) is 10.2. The number of nitrogens with one attached hydrogen (secondary N) is 1. The molecular formula is C58H59N3O8. The van der Waals surface area contributed by atoms with Crippen LogP contribution in [0.3, 0.4) is 0 Å². The number of ether oxygens (including phenoxy) is 4. The number of piperazine rings is 1. The van der Waals surface area contributed by atoms with Gasteiger partial charge in [-0.25, -0.2) is 0 Å². The molecule has 0 spiro atoms. The van der Waals surface area contributed by atoms with Gasteiger partial charge in [0.15, 0.2) is 17.1 Å². The Morgan fingerprint density at radius 3 is 2.46 bits per heavy atom. The third kappa shape index (κ3) is 9.70. The molecule has 0 amide bonds. The maximum Gasteiger partial charge on any atom is 0.335 e. The average Bonchev–Trinajstić information content (AvgIpc) is 3.81. The Bertz CT molecular complexity index is 2880. The van der Waals surface area contributed by atoms with Crippen molar-refractivity contribution in [2.24, 2.45) is 5.92 Å². The summed E-state index contributed by atoms with van der Waals surface area (Å²) in [6, 6.07) is 35.7. The van der Waals surface area contributed by atoms with E-state index < -0.39 is 18.1 Å². The highest BCUT2D eigenvalue weighted by Gasteiger charge is 2.43. The predicted molar refractivity (Wildman–Crippen MR) is 268 cm³/mol. The van der Waals surface area contributed by atoms with Crippen LogP contribution < -0.4 is 34.1 Å². The number of anilines is 1. The van der Waals surface area contributed by atoms with Crippen LogP contribution >= 0.6 is 0 Å². The molecule has 69 heavy (non-hydrogen) atoms. The van der Waals surface area contributed by atoms with Gasteiger partial charge in [0, 0.05) is 18.9 Å². The van der Waals surface area contributed by atoms with Gasteiger partial charge in [0.05, 0.1) is 44.0 Å². The van der Waals surface area contributed by atoms with Gasteiger partial charge in [0.1, 0.15) is 24.0 Å². The Hall–Kier alpha value is -6.97. The molecule has 5 aliphatic heterocycles. The predicted octanol–water partition coefficient (Wildman–Crippen LogP) is 8.12. The van der Waals surface area contributed by atoms with Crippen molar-refractivity contribution in [3.63, 3.8) is 0 Å². The number of aryl methyl sites for hydroxylation is 1. The summed E-state index contributed by atoms with van der Waals surface area (Å²) in [7, 11) is 1.55. The van der Waals surface area contributed by atoms with Gasteiger partial charge >= 0.3 is 5.78 Å². The number of rotatable bonds is 10. The minimum Gasteiger partial charge on any atom is -0.508 e. The zero-order chi connectivity index (χ0) is 47.4. The van der Waals surface area contributed by atoms with Crippen molar-refractivity contribution in [1.29, 1.82) is 0 Å². The van der Waals surface area contributed by atoms with Crippen LogP contribution in [0.1, 0.15) is 76.4 Å². The number of hydrogen-bond acceptors (Lipinski definition) is 9. The Kier molecular flexibility index (Phi) is 13.5. The van der Waals surface area contributed by atoms with Gasteiger partial charge in [-0.1, -0.05) is 139 Å². The fourth-order valence-electron chi connectivity index (χ4n) is 10.2. The van der Waals surface area contributed by atoms with Crippen molar-refractivity contribution in [2.45, 2.75) is 75.7 Å². The van der Waals surface area contributed by atoms with Crippen LogP contribution in [0, 0.1) is 17.8 Å². The number of aromatic nitrogens is 1. The highest BCUT2D eigenvalue weighted by atomic mass is 16.5. The molecule has 11 heteroatoms. The number of phenolic OH excluding ortho intramolecular Hbond substituents is 1. The first-order valence-corrected chi connectivity index (χ1v) is 24.2. The number of aliphatic hydroxyl groups is 2. The second-order valence-corrected chi connectivity index (χ2v) is 18.5.